The van der Waals surface area contributed by atoms with Gasteiger partial charge in [-0.05, 0) is 25.5 Å². The van der Waals surface area contributed by atoms with Crippen molar-refractivity contribution in [2.45, 2.75) is 27.2 Å². The molecule has 0 spiro atoms. The quantitative estimate of drug-likeness (QED) is 0.919. The van der Waals surface area contributed by atoms with Gasteiger partial charge in [-0.15, -0.1) is 0 Å². The van der Waals surface area contributed by atoms with Crippen LogP contribution in [0.5, 0.6) is 0 Å². The zero-order valence-electron chi connectivity index (χ0n) is 11.7. The maximum absolute atomic E-state index is 6.20. The summed E-state index contributed by atoms with van der Waals surface area (Å²) in [6, 6.07) is 6.03. The van der Waals surface area contributed by atoms with Gasteiger partial charge in [-0.25, -0.2) is 9.97 Å². The largest absolute Gasteiger partial charge is 0.373 e. The molecule has 0 bridgehead atoms. The summed E-state index contributed by atoms with van der Waals surface area (Å²) in [6.45, 7) is 6.07. The van der Waals surface area contributed by atoms with E-state index < -0.39 is 0 Å². The molecule has 0 fully saturated rings. The molecular weight excluding hydrogens is 258 g/mol. The molecule has 0 atom stereocenters. The Balaban J connectivity index is 2.63. The molecule has 100 valence electrons. The normalized spacial score (nSPS) is 10.6. The summed E-state index contributed by atoms with van der Waals surface area (Å²) < 4.78 is 0. The maximum atomic E-state index is 6.20. The zero-order chi connectivity index (χ0) is 14.0. The van der Waals surface area contributed by atoms with E-state index in [-0.39, 0.29) is 0 Å². The average Bonchev–Trinajstić information content (AvgIpc) is 2.42. The predicted molar refractivity (Wildman–Crippen MR) is 80.9 cm³/mol. The third-order valence-electron chi connectivity index (χ3n) is 3.19. The van der Waals surface area contributed by atoms with E-state index in [1.165, 1.54) is 0 Å². The molecule has 1 heterocycles. The van der Waals surface area contributed by atoms with Crippen LogP contribution >= 0.6 is 11.6 Å². The van der Waals surface area contributed by atoms with Crippen LogP contribution in [0.25, 0.3) is 11.3 Å². The molecule has 2 aromatic rings. The van der Waals surface area contributed by atoms with E-state index in [4.69, 9.17) is 11.6 Å². The van der Waals surface area contributed by atoms with Gasteiger partial charge in [0.15, 0.2) is 0 Å². The molecular formula is C15H18ClN3. The highest BCUT2D eigenvalue weighted by molar-refractivity contribution is 6.31. The number of rotatable bonds is 3. The van der Waals surface area contributed by atoms with Gasteiger partial charge in [-0.3, -0.25) is 0 Å². The zero-order valence-corrected chi connectivity index (χ0v) is 12.5. The molecule has 4 heteroatoms. The van der Waals surface area contributed by atoms with Crippen LogP contribution < -0.4 is 5.32 Å². The summed E-state index contributed by atoms with van der Waals surface area (Å²) in [5, 5.41) is 3.89. The molecule has 0 radical (unpaired) electrons. The molecule has 0 unspecified atom stereocenters. The number of benzene rings is 1. The van der Waals surface area contributed by atoms with Gasteiger partial charge in [0.25, 0.3) is 0 Å². The summed E-state index contributed by atoms with van der Waals surface area (Å²) >= 11 is 6.20. The minimum absolute atomic E-state index is 0.763. The van der Waals surface area contributed by atoms with Crippen molar-refractivity contribution in [1.82, 2.24) is 9.97 Å². The number of anilines is 1. The molecule has 19 heavy (non-hydrogen) atoms. The number of halogens is 1. The molecule has 3 nitrogen and oxygen atoms in total. The molecule has 0 aliphatic heterocycles. The topological polar surface area (TPSA) is 37.8 Å². The Morgan fingerprint density at radius 2 is 1.95 bits per heavy atom. The Morgan fingerprint density at radius 3 is 2.53 bits per heavy atom. The van der Waals surface area contributed by atoms with Gasteiger partial charge in [0, 0.05) is 29.6 Å². The van der Waals surface area contributed by atoms with E-state index in [2.05, 4.69) is 28.3 Å². The SMILES string of the molecule is CCc1nc(NC)c(C)c(-c2ccc(C)c(Cl)c2)n1. The average molecular weight is 276 g/mol. The van der Waals surface area contributed by atoms with E-state index in [0.717, 1.165) is 45.5 Å². The first-order valence-electron chi connectivity index (χ1n) is 6.38. The Labute approximate surface area is 119 Å². The van der Waals surface area contributed by atoms with Crippen LogP contribution in [0.1, 0.15) is 23.9 Å². The van der Waals surface area contributed by atoms with Crippen molar-refractivity contribution in [2.75, 3.05) is 12.4 Å². The number of aromatic nitrogens is 2. The van der Waals surface area contributed by atoms with Gasteiger partial charge in [-0.2, -0.15) is 0 Å². The standard InChI is InChI=1S/C15H18ClN3/c1-5-13-18-14(10(3)15(17-4)19-13)11-7-6-9(2)12(16)8-11/h6-8H,5H2,1-4H3,(H,17,18,19). The van der Waals surface area contributed by atoms with Gasteiger partial charge in [0.2, 0.25) is 0 Å². The van der Waals surface area contributed by atoms with E-state index >= 15 is 0 Å². The summed E-state index contributed by atoms with van der Waals surface area (Å²) in [4.78, 5) is 9.11. The van der Waals surface area contributed by atoms with Crippen LogP contribution in [0.2, 0.25) is 5.02 Å². The van der Waals surface area contributed by atoms with Crippen LogP contribution in [-0.2, 0) is 6.42 Å². The van der Waals surface area contributed by atoms with Crippen molar-refractivity contribution < 1.29 is 0 Å². The second-order valence-corrected chi connectivity index (χ2v) is 4.94. The first-order chi connectivity index (χ1) is 9.06. The monoisotopic (exact) mass is 275 g/mol. The van der Waals surface area contributed by atoms with Gasteiger partial charge in [-0.1, -0.05) is 30.7 Å². The Bertz CT molecular complexity index is 609. The van der Waals surface area contributed by atoms with Crippen molar-refractivity contribution in [3.05, 3.63) is 40.2 Å². The fraction of sp³-hybridized carbons (Fsp3) is 0.333. The molecule has 0 aliphatic rings. The van der Waals surface area contributed by atoms with Gasteiger partial charge in [0.1, 0.15) is 11.6 Å². The van der Waals surface area contributed by atoms with Crippen molar-refractivity contribution in [1.29, 1.82) is 0 Å². The van der Waals surface area contributed by atoms with Gasteiger partial charge >= 0.3 is 0 Å². The van der Waals surface area contributed by atoms with Crippen molar-refractivity contribution in [2.24, 2.45) is 0 Å². The molecule has 2 rings (SSSR count). The van der Waals surface area contributed by atoms with Crippen LogP contribution in [0.4, 0.5) is 5.82 Å². The van der Waals surface area contributed by atoms with Crippen LogP contribution in [0, 0.1) is 13.8 Å². The van der Waals surface area contributed by atoms with Crippen LogP contribution in [0.3, 0.4) is 0 Å². The summed E-state index contributed by atoms with van der Waals surface area (Å²) in [6.07, 6.45) is 0.807. The smallest absolute Gasteiger partial charge is 0.132 e. The number of nitrogens with one attached hydrogen (secondary N) is 1. The van der Waals surface area contributed by atoms with Crippen LogP contribution in [0.15, 0.2) is 18.2 Å². The first kappa shape index (κ1) is 13.8. The molecule has 1 N–H and O–H groups in total. The minimum atomic E-state index is 0.763. The second kappa shape index (κ2) is 5.57. The Morgan fingerprint density at radius 1 is 1.21 bits per heavy atom. The van der Waals surface area contributed by atoms with E-state index in [0.29, 0.717) is 0 Å². The Hall–Kier alpha value is -1.61. The lowest BCUT2D eigenvalue weighted by molar-refractivity contribution is 0.936. The molecule has 1 aromatic carbocycles. The highest BCUT2D eigenvalue weighted by atomic mass is 35.5. The molecule has 1 aromatic heterocycles. The maximum Gasteiger partial charge on any atom is 0.132 e. The third-order valence-corrected chi connectivity index (χ3v) is 3.60. The third kappa shape index (κ3) is 2.71. The lowest BCUT2D eigenvalue weighted by Crippen LogP contribution is -2.04. The minimum Gasteiger partial charge on any atom is -0.373 e. The highest BCUT2D eigenvalue weighted by Crippen LogP contribution is 2.29. The molecule has 0 aliphatic carbocycles. The number of hydrogen-bond acceptors (Lipinski definition) is 3. The fourth-order valence-electron chi connectivity index (χ4n) is 1.99. The van der Waals surface area contributed by atoms with Crippen molar-refractivity contribution in [3.8, 4) is 11.3 Å². The molecule has 0 saturated carbocycles. The lowest BCUT2D eigenvalue weighted by atomic mass is 10.1. The van der Waals surface area contributed by atoms with Crippen molar-refractivity contribution in [3.63, 3.8) is 0 Å². The predicted octanol–water partition coefficient (Wildman–Crippen LogP) is 4.02. The van der Waals surface area contributed by atoms with Gasteiger partial charge in [0.05, 0.1) is 5.69 Å². The second-order valence-electron chi connectivity index (χ2n) is 4.53. The highest BCUT2D eigenvalue weighted by Gasteiger charge is 2.12. The van der Waals surface area contributed by atoms with Crippen LogP contribution in [-0.4, -0.2) is 17.0 Å². The summed E-state index contributed by atoms with van der Waals surface area (Å²) in [5.74, 6) is 1.71. The summed E-state index contributed by atoms with van der Waals surface area (Å²) in [7, 11) is 1.88. The number of aryl methyl sites for hydroxylation is 2. The molecule has 0 saturated heterocycles. The lowest BCUT2D eigenvalue weighted by Gasteiger charge is -2.12. The van der Waals surface area contributed by atoms with E-state index in [9.17, 15) is 0 Å². The summed E-state index contributed by atoms with van der Waals surface area (Å²) in [5.41, 5.74) is 4.08. The van der Waals surface area contributed by atoms with Crippen molar-refractivity contribution >= 4 is 17.4 Å². The fourth-order valence-corrected chi connectivity index (χ4v) is 2.17. The molecule has 0 amide bonds. The number of nitrogens with zero attached hydrogens (tertiary/aromatic N) is 2. The van der Waals surface area contributed by atoms with E-state index in [1.54, 1.807) is 0 Å². The van der Waals surface area contributed by atoms with Gasteiger partial charge < -0.3 is 5.32 Å². The first-order valence-corrected chi connectivity index (χ1v) is 6.76. The number of hydrogen-bond donors (Lipinski definition) is 1. The Kier molecular flexibility index (Phi) is 4.05. The van der Waals surface area contributed by atoms with E-state index in [1.807, 2.05) is 33.0 Å².